The Morgan fingerprint density at radius 3 is 2.47 bits per heavy atom. The van der Waals surface area contributed by atoms with Gasteiger partial charge in [0.2, 0.25) is 11.8 Å². The molecule has 4 atom stereocenters. The lowest BCUT2D eigenvalue weighted by atomic mass is 9.82. The van der Waals surface area contributed by atoms with E-state index in [4.69, 9.17) is 4.74 Å². The Morgan fingerprint density at radius 1 is 0.944 bits per heavy atom. The maximum Gasteiger partial charge on any atom is 0.338 e. The van der Waals surface area contributed by atoms with Crippen molar-refractivity contribution < 1.29 is 23.9 Å². The molecule has 3 amide bonds. The molecular weight excluding hydrogens is 456 g/mol. The standard InChI is InChI=1S/C29H24N2O5/c1-16-13-19-14-22(16)26-25(19)27(33)31(28(26)34)20-11-9-18(10-12-20)29(35)36-15-24(32)30-23-8-4-6-17-5-2-3-7-21(17)23/h2-13,19,22,25-26H,14-15H2,1H3,(H,30,32)/t19-,22+,25+,26+/m0/s1. The van der Waals surface area contributed by atoms with Crippen molar-refractivity contribution in [3.63, 3.8) is 0 Å². The van der Waals surface area contributed by atoms with Gasteiger partial charge in [0.1, 0.15) is 0 Å². The van der Waals surface area contributed by atoms with Crippen LogP contribution in [0.4, 0.5) is 11.4 Å². The minimum atomic E-state index is -0.663. The number of ether oxygens (including phenoxy) is 1. The predicted molar refractivity (Wildman–Crippen MR) is 134 cm³/mol. The number of esters is 1. The van der Waals surface area contributed by atoms with Crippen LogP contribution in [0.25, 0.3) is 10.8 Å². The number of fused-ring (bicyclic) bond motifs is 6. The van der Waals surface area contributed by atoms with E-state index in [1.807, 2.05) is 43.3 Å². The van der Waals surface area contributed by atoms with Gasteiger partial charge in [-0.2, -0.15) is 0 Å². The fraction of sp³-hybridized carbons (Fsp3) is 0.241. The number of anilines is 2. The first-order valence-corrected chi connectivity index (χ1v) is 12.0. The zero-order valence-corrected chi connectivity index (χ0v) is 19.6. The predicted octanol–water partition coefficient (Wildman–Crippen LogP) is 4.34. The summed E-state index contributed by atoms with van der Waals surface area (Å²) in [5.41, 5.74) is 2.52. The van der Waals surface area contributed by atoms with E-state index in [0.717, 1.165) is 17.2 Å². The van der Waals surface area contributed by atoms with Gasteiger partial charge in [0.05, 0.1) is 23.1 Å². The molecule has 3 aromatic rings. The second-order valence-electron chi connectivity index (χ2n) is 9.68. The summed E-state index contributed by atoms with van der Waals surface area (Å²) in [6.45, 7) is 1.59. The Hall–Kier alpha value is -4.26. The molecule has 3 aliphatic rings. The fourth-order valence-corrected chi connectivity index (χ4v) is 6.01. The molecule has 1 heterocycles. The number of nitrogens with zero attached hydrogens (tertiary/aromatic N) is 1. The Labute approximate surface area is 207 Å². The lowest BCUT2D eigenvalue weighted by molar-refractivity contribution is -0.123. The molecule has 1 N–H and O–H groups in total. The number of carbonyl (C=O) groups is 4. The topological polar surface area (TPSA) is 92.8 Å². The van der Waals surface area contributed by atoms with E-state index >= 15 is 0 Å². The molecule has 0 spiro atoms. The summed E-state index contributed by atoms with van der Waals surface area (Å²) in [6, 6.07) is 19.4. The summed E-state index contributed by atoms with van der Waals surface area (Å²) >= 11 is 0. The van der Waals surface area contributed by atoms with E-state index < -0.39 is 18.5 Å². The number of hydrogen-bond donors (Lipinski definition) is 1. The van der Waals surface area contributed by atoms with Crippen molar-refractivity contribution in [2.75, 3.05) is 16.8 Å². The van der Waals surface area contributed by atoms with Crippen molar-refractivity contribution in [3.05, 3.63) is 83.9 Å². The number of amides is 3. The third-order valence-corrected chi connectivity index (χ3v) is 7.64. The lowest BCUT2D eigenvalue weighted by Gasteiger charge is -2.19. The van der Waals surface area contributed by atoms with Crippen molar-refractivity contribution >= 4 is 45.8 Å². The van der Waals surface area contributed by atoms with E-state index in [1.54, 1.807) is 18.2 Å². The largest absolute Gasteiger partial charge is 0.452 e. The Bertz CT molecular complexity index is 1450. The highest BCUT2D eigenvalue weighted by atomic mass is 16.5. The van der Waals surface area contributed by atoms with Gasteiger partial charge in [-0.1, -0.05) is 48.0 Å². The second-order valence-corrected chi connectivity index (χ2v) is 9.68. The molecular formula is C29H24N2O5. The maximum absolute atomic E-state index is 13.1. The highest BCUT2D eigenvalue weighted by molar-refractivity contribution is 6.23. The molecule has 6 rings (SSSR count). The van der Waals surface area contributed by atoms with Crippen LogP contribution in [0.15, 0.2) is 78.4 Å². The molecule has 180 valence electrons. The molecule has 36 heavy (non-hydrogen) atoms. The Kier molecular flexibility index (Phi) is 5.21. The normalized spacial score (nSPS) is 24.1. The van der Waals surface area contributed by atoms with Crippen molar-refractivity contribution in [2.45, 2.75) is 13.3 Å². The van der Waals surface area contributed by atoms with E-state index in [0.29, 0.717) is 11.4 Å². The molecule has 2 aliphatic carbocycles. The summed E-state index contributed by atoms with van der Waals surface area (Å²) in [5.74, 6) is -1.72. The SMILES string of the molecule is CC1=C[C@H]2C[C@H]1[C@H]1C(=O)N(c3ccc(C(=O)OCC(=O)Nc4cccc5ccccc45)cc3)C(=O)[C@@H]12. The zero-order chi connectivity index (χ0) is 25.0. The third-order valence-electron chi connectivity index (χ3n) is 7.64. The minimum Gasteiger partial charge on any atom is -0.452 e. The average Bonchev–Trinajstić information content (AvgIpc) is 3.53. The van der Waals surface area contributed by atoms with Gasteiger partial charge >= 0.3 is 5.97 Å². The molecule has 7 heteroatoms. The van der Waals surface area contributed by atoms with Crippen molar-refractivity contribution in [3.8, 4) is 0 Å². The number of allylic oxidation sites excluding steroid dienone is 2. The zero-order valence-electron chi connectivity index (χ0n) is 19.6. The molecule has 7 nitrogen and oxygen atoms in total. The Balaban J connectivity index is 1.09. The number of nitrogens with one attached hydrogen (secondary N) is 1. The number of benzene rings is 3. The molecule has 0 radical (unpaired) electrons. The lowest BCUT2D eigenvalue weighted by Crippen LogP contribution is -2.33. The molecule has 1 saturated carbocycles. The van der Waals surface area contributed by atoms with Crippen LogP contribution in [0, 0.1) is 23.7 Å². The van der Waals surface area contributed by atoms with E-state index in [9.17, 15) is 19.2 Å². The quantitative estimate of drug-likeness (QED) is 0.333. The molecule has 0 aromatic heterocycles. The molecule has 1 aliphatic heterocycles. The van der Waals surface area contributed by atoms with Gasteiger partial charge < -0.3 is 10.1 Å². The highest BCUT2D eigenvalue weighted by Gasteiger charge is 2.60. The first kappa shape index (κ1) is 22.2. The van der Waals surface area contributed by atoms with Crippen LogP contribution in [0.5, 0.6) is 0 Å². The Morgan fingerprint density at radius 2 is 1.67 bits per heavy atom. The smallest absolute Gasteiger partial charge is 0.338 e. The van der Waals surface area contributed by atoms with Gasteiger partial charge in [0.25, 0.3) is 5.91 Å². The second kappa shape index (κ2) is 8.45. The van der Waals surface area contributed by atoms with Gasteiger partial charge in [0, 0.05) is 11.1 Å². The van der Waals surface area contributed by atoms with Crippen LogP contribution < -0.4 is 10.2 Å². The third kappa shape index (κ3) is 3.50. The van der Waals surface area contributed by atoms with Crippen LogP contribution in [0.3, 0.4) is 0 Å². The molecule has 2 bridgehead atoms. The van der Waals surface area contributed by atoms with Crippen LogP contribution in [-0.4, -0.2) is 30.3 Å². The first-order chi connectivity index (χ1) is 17.4. The van der Waals surface area contributed by atoms with Gasteiger partial charge in [-0.15, -0.1) is 0 Å². The number of rotatable bonds is 5. The minimum absolute atomic E-state index is 0.135. The first-order valence-electron chi connectivity index (χ1n) is 12.0. The maximum atomic E-state index is 13.1. The van der Waals surface area contributed by atoms with Gasteiger partial charge in [0.15, 0.2) is 6.61 Å². The molecule has 3 aromatic carbocycles. The fourth-order valence-electron chi connectivity index (χ4n) is 6.01. The van der Waals surface area contributed by atoms with E-state index in [2.05, 4.69) is 11.4 Å². The molecule has 0 unspecified atom stereocenters. The van der Waals surface area contributed by atoms with Crippen molar-refractivity contribution in [1.82, 2.24) is 0 Å². The monoisotopic (exact) mass is 480 g/mol. The number of hydrogen-bond acceptors (Lipinski definition) is 5. The van der Waals surface area contributed by atoms with Gasteiger partial charge in [-0.05, 0) is 60.9 Å². The van der Waals surface area contributed by atoms with E-state index in [1.165, 1.54) is 22.6 Å². The molecule has 1 saturated heterocycles. The van der Waals surface area contributed by atoms with Crippen LogP contribution >= 0.6 is 0 Å². The number of carbonyl (C=O) groups excluding carboxylic acids is 4. The summed E-state index contributed by atoms with van der Waals surface area (Å²) < 4.78 is 5.19. The summed E-state index contributed by atoms with van der Waals surface area (Å²) in [7, 11) is 0. The van der Waals surface area contributed by atoms with Crippen LogP contribution in [0.2, 0.25) is 0 Å². The van der Waals surface area contributed by atoms with E-state index in [-0.39, 0.29) is 41.0 Å². The molecule has 2 fully saturated rings. The van der Waals surface area contributed by atoms with Crippen LogP contribution in [0.1, 0.15) is 23.7 Å². The van der Waals surface area contributed by atoms with Crippen molar-refractivity contribution in [1.29, 1.82) is 0 Å². The summed E-state index contributed by atoms with van der Waals surface area (Å²) in [4.78, 5) is 52.3. The van der Waals surface area contributed by atoms with Crippen LogP contribution in [-0.2, 0) is 19.1 Å². The summed E-state index contributed by atoms with van der Waals surface area (Å²) in [5, 5.41) is 4.66. The van der Waals surface area contributed by atoms with Gasteiger partial charge in [-0.3, -0.25) is 19.3 Å². The highest BCUT2D eigenvalue weighted by Crippen LogP contribution is 2.55. The number of imide groups is 1. The average molecular weight is 481 g/mol. The summed E-state index contributed by atoms with van der Waals surface area (Å²) in [6.07, 6.45) is 3.02. The van der Waals surface area contributed by atoms with Crippen molar-refractivity contribution in [2.24, 2.45) is 23.7 Å². The van der Waals surface area contributed by atoms with Gasteiger partial charge in [-0.25, -0.2) is 4.79 Å².